The summed E-state index contributed by atoms with van der Waals surface area (Å²) in [6.07, 6.45) is 7.03. The first-order chi connectivity index (χ1) is 10.7. The summed E-state index contributed by atoms with van der Waals surface area (Å²) >= 11 is 0. The van der Waals surface area contributed by atoms with Gasteiger partial charge in [-0.1, -0.05) is 37.3 Å². The molecule has 1 N–H and O–H groups in total. The topological polar surface area (TPSA) is 19.0 Å². The van der Waals surface area contributed by atoms with E-state index in [-0.39, 0.29) is 0 Å². The maximum Gasteiger partial charge on any atom is 0.0461 e. The van der Waals surface area contributed by atoms with Gasteiger partial charge >= 0.3 is 0 Å². The molecule has 1 atom stereocenters. The zero-order chi connectivity index (χ0) is 15.1. The first-order valence-electron chi connectivity index (χ1n) is 8.46. The van der Waals surface area contributed by atoms with E-state index in [0.717, 1.165) is 19.4 Å². The summed E-state index contributed by atoms with van der Waals surface area (Å²) in [4.78, 5) is 6.17. The third-order valence-electron chi connectivity index (χ3n) is 5.21. The fourth-order valence-corrected chi connectivity index (χ4v) is 4.13. The second-order valence-corrected chi connectivity index (χ2v) is 6.79. The third-order valence-corrected chi connectivity index (χ3v) is 5.21. The van der Waals surface area contributed by atoms with Crippen LogP contribution >= 0.6 is 0 Å². The van der Waals surface area contributed by atoms with Crippen molar-refractivity contribution >= 4 is 16.5 Å². The highest BCUT2D eigenvalue weighted by atomic mass is 15.1. The number of para-hydroxylation sites is 1. The number of fused-ring (bicyclic) bond motifs is 5. The Kier molecular flexibility index (Phi) is 3.33. The average Bonchev–Trinajstić information content (AvgIpc) is 2.92. The van der Waals surface area contributed by atoms with E-state index in [1.807, 2.05) is 0 Å². The monoisotopic (exact) mass is 292 g/mol. The maximum absolute atomic E-state index is 4.42. The Morgan fingerprint density at radius 2 is 2.14 bits per heavy atom. The molecule has 2 aromatic rings. The fourth-order valence-electron chi connectivity index (χ4n) is 4.13. The number of rotatable bonds is 1. The van der Waals surface area contributed by atoms with E-state index >= 15 is 0 Å². The number of nitrogens with one attached hydrogen (secondary N) is 1. The highest BCUT2D eigenvalue weighted by molar-refractivity contribution is 5.89. The van der Waals surface area contributed by atoms with Crippen molar-refractivity contribution in [2.75, 3.05) is 13.1 Å². The van der Waals surface area contributed by atoms with Crippen LogP contribution < -0.4 is 0 Å². The summed E-state index contributed by atoms with van der Waals surface area (Å²) in [5, 5.41) is 1.37. The number of hydrogen-bond acceptors (Lipinski definition) is 1. The minimum atomic E-state index is 0.713. The number of H-pyrrole nitrogens is 1. The number of allylic oxidation sites excluding steroid dienone is 2. The molecule has 2 nitrogen and oxygen atoms in total. The lowest BCUT2D eigenvalue weighted by atomic mass is 9.88. The van der Waals surface area contributed by atoms with Crippen LogP contribution in [0.3, 0.4) is 0 Å². The van der Waals surface area contributed by atoms with E-state index in [4.69, 9.17) is 0 Å². The quantitative estimate of drug-likeness (QED) is 0.804. The van der Waals surface area contributed by atoms with Crippen molar-refractivity contribution in [2.45, 2.75) is 32.6 Å². The van der Waals surface area contributed by atoms with Gasteiger partial charge in [0.05, 0.1) is 0 Å². The van der Waals surface area contributed by atoms with E-state index in [1.54, 1.807) is 5.57 Å². The van der Waals surface area contributed by atoms with Crippen LogP contribution in [0, 0.1) is 5.92 Å². The molecular formula is C20H24N2. The molecule has 4 rings (SSSR count). The van der Waals surface area contributed by atoms with Crippen molar-refractivity contribution in [2.24, 2.45) is 5.92 Å². The first-order valence-corrected chi connectivity index (χ1v) is 8.46. The first kappa shape index (κ1) is 13.7. The second kappa shape index (κ2) is 5.35. The minimum Gasteiger partial charge on any atom is -0.377 e. The second-order valence-electron chi connectivity index (χ2n) is 6.79. The summed E-state index contributed by atoms with van der Waals surface area (Å²) in [6, 6.07) is 8.66. The Bertz CT molecular complexity index is 750. The molecule has 0 fully saturated rings. The molecule has 0 amide bonds. The van der Waals surface area contributed by atoms with Gasteiger partial charge in [0, 0.05) is 29.7 Å². The Balaban J connectivity index is 1.77. The summed E-state index contributed by atoms with van der Waals surface area (Å²) in [5.74, 6) is 0.713. The molecule has 2 aliphatic rings. The number of benzene rings is 1. The Hall–Kier alpha value is -1.96. The number of hydrogen-bond donors (Lipinski definition) is 1. The molecule has 114 valence electrons. The summed E-state index contributed by atoms with van der Waals surface area (Å²) < 4.78 is 0. The number of nitrogens with zero attached hydrogens (tertiary/aromatic N) is 1. The van der Waals surface area contributed by atoms with Crippen molar-refractivity contribution in [1.82, 2.24) is 9.88 Å². The van der Waals surface area contributed by atoms with Crippen LogP contribution in [-0.2, 0) is 6.42 Å². The van der Waals surface area contributed by atoms with Crippen molar-refractivity contribution in [3.8, 4) is 0 Å². The summed E-state index contributed by atoms with van der Waals surface area (Å²) in [5.41, 5.74) is 6.89. The third kappa shape index (κ3) is 2.27. The molecule has 0 unspecified atom stereocenters. The lowest BCUT2D eigenvalue weighted by molar-refractivity contribution is 0.285. The Morgan fingerprint density at radius 3 is 3.00 bits per heavy atom. The molecule has 2 heteroatoms. The number of aromatic amines is 1. The van der Waals surface area contributed by atoms with E-state index < -0.39 is 0 Å². The minimum absolute atomic E-state index is 0.713. The van der Waals surface area contributed by atoms with Crippen LogP contribution in [0.15, 0.2) is 42.6 Å². The normalized spacial score (nSPS) is 21.9. The Morgan fingerprint density at radius 1 is 1.27 bits per heavy atom. The molecule has 0 saturated heterocycles. The van der Waals surface area contributed by atoms with Gasteiger partial charge < -0.3 is 9.88 Å². The molecule has 2 aliphatic heterocycles. The predicted molar refractivity (Wildman–Crippen MR) is 93.7 cm³/mol. The summed E-state index contributed by atoms with van der Waals surface area (Å²) in [7, 11) is 0. The lowest BCUT2D eigenvalue weighted by Crippen LogP contribution is -2.30. The molecule has 1 aromatic carbocycles. The SMILES string of the molecule is C=C1C[C@@H]2CC(CC)=CN(CCc3c1[nH]c1ccccc31)C2. The molecule has 3 heterocycles. The van der Waals surface area contributed by atoms with Crippen LogP contribution in [0.25, 0.3) is 16.5 Å². The van der Waals surface area contributed by atoms with Crippen molar-refractivity contribution in [3.63, 3.8) is 0 Å². The molecule has 0 radical (unpaired) electrons. The molecule has 22 heavy (non-hydrogen) atoms. The van der Waals surface area contributed by atoms with Gasteiger partial charge in [0.2, 0.25) is 0 Å². The van der Waals surface area contributed by atoms with Gasteiger partial charge in [0.25, 0.3) is 0 Å². The predicted octanol–water partition coefficient (Wildman–Crippen LogP) is 4.74. The van der Waals surface area contributed by atoms with Gasteiger partial charge in [-0.3, -0.25) is 0 Å². The molecule has 1 aromatic heterocycles. The zero-order valence-corrected chi connectivity index (χ0v) is 13.4. The van der Waals surface area contributed by atoms with Gasteiger partial charge in [0.1, 0.15) is 0 Å². The van der Waals surface area contributed by atoms with Gasteiger partial charge in [-0.2, -0.15) is 0 Å². The van der Waals surface area contributed by atoms with Crippen LogP contribution in [-0.4, -0.2) is 23.0 Å². The van der Waals surface area contributed by atoms with Crippen molar-refractivity contribution in [3.05, 3.63) is 53.9 Å². The standard InChI is InChI=1S/C20H24N2/c1-3-15-11-16-10-14(2)20-18(8-9-22(12-15)13-16)17-6-4-5-7-19(17)21-20/h4-7,12,16,21H,2-3,8-11,13H2,1H3/t16-/m1/s1. The molecule has 0 aliphatic carbocycles. The van der Waals surface area contributed by atoms with Crippen LogP contribution in [0.2, 0.25) is 0 Å². The molecule has 0 spiro atoms. The van der Waals surface area contributed by atoms with Gasteiger partial charge in [0.15, 0.2) is 0 Å². The van der Waals surface area contributed by atoms with E-state index in [1.165, 1.54) is 47.1 Å². The lowest BCUT2D eigenvalue weighted by Gasteiger charge is -2.32. The van der Waals surface area contributed by atoms with Crippen LogP contribution in [0.4, 0.5) is 0 Å². The zero-order valence-electron chi connectivity index (χ0n) is 13.4. The molecule has 2 bridgehead atoms. The smallest absolute Gasteiger partial charge is 0.0461 e. The fraction of sp³-hybridized carbons (Fsp3) is 0.400. The Labute approximate surface area is 132 Å². The highest BCUT2D eigenvalue weighted by Gasteiger charge is 2.25. The van der Waals surface area contributed by atoms with E-state index in [2.05, 4.69) is 53.9 Å². The van der Waals surface area contributed by atoms with Gasteiger partial charge in [-0.05, 0) is 55.0 Å². The van der Waals surface area contributed by atoms with E-state index in [0.29, 0.717) is 5.92 Å². The van der Waals surface area contributed by atoms with Gasteiger partial charge in [-0.15, -0.1) is 0 Å². The van der Waals surface area contributed by atoms with Crippen LogP contribution in [0.1, 0.15) is 37.4 Å². The maximum atomic E-state index is 4.42. The number of aromatic nitrogens is 1. The average molecular weight is 292 g/mol. The molecular weight excluding hydrogens is 268 g/mol. The van der Waals surface area contributed by atoms with Crippen molar-refractivity contribution < 1.29 is 0 Å². The largest absolute Gasteiger partial charge is 0.377 e. The van der Waals surface area contributed by atoms with Crippen molar-refractivity contribution in [1.29, 1.82) is 0 Å². The van der Waals surface area contributed by atoms with Gasteiger partial charge in [-0.25, -0.2) is 0 Å². The van der Waals surface area contributed by atoms with Crippen LogP contribution in [0.5, 0.6) is 0 Å². The summed E-state index contributed by atoms with van der Waals surface area (Å²) in [6.45, 7) is 9.00. The van der Waals surface area contributed by atoms with E-state index in [9.17, 15) is 0 Å². The highest BCUT2D eigenvalue weighted by Crippen LogP contribution is 2.35. The molecule has 0 saturated carbocycles.